The number of hydrogen-bond donors (Lipinski definition) is 0. The molecule has 1 aliphatic carbocycles. The number of carbonyl (C=O) groups excluding carboxylic acids is 1. The molecule has 0 atom stereocenters. The second-order valence-corrected chi connectivity index (χ2v) is 8.98. The van der Waals surface area contributed by atoms with Gasteiger partial charge in [-0.05, 0) is 66.1 Å². The van der Waals surface area contributed by atoms with E-state index >= 15 is 0 Å². The van der Waals surface area contributed by atoms with Crippen LogP contribution >= 0.6 is 0 Å². The number of rotatable bonds is 6. The smallest absolute Gasteiger partial charge is 0.231 e. The van der Waals surface area contributed by atoms with E-state index in [-0.39, 0.29) is 12.6 Å². The normalized spacial score (nSPS) is 15.9. The number of Topliss-reactive ketones (excluding diaryl/α,β-unsaturated/α-hetero) is 1. The summed E-state index contributed by atoms with van der Waals surface area (Å²) in [4.78, 5) is 18.0. The molecular weight excluding hydrogens is 386 g/mol. The summed E-state index contributed by atoms with van der Waals surface area (Å²) >= 11 is 0. The molecule has 2 heterocycles. The van der Waals surface area contributed by atoms with E-state index in [1.165, 1.54) is 11.1 Å². The molecule has 0 radical (unpaired) electrons. The number of benzene rings is 2. The average molecular weight is 414 g/mol. The van der Waals surface area contributed by atoms with E-state index in [2.05, 4.69) is 56.1 Å². The first kappa shape index (κ1) is 19.8. The first-order chi connectivity index (χ1) is 15.0. The highest BCUT2D eigenvalue weighted by molar-refractivity contribution is 5.94. The van der Waals surface area contributed by atoms with Gasteiger partial charge in [-0.3, -0.25) is 9.78 Å². The van der Waals surface area contributed by atoms with Gasteiger partial charge in [-0.1, -0.05) is 44.2 Å². The van der Waals surface area contributed by atoms with Gasteiger partial charge in [-0.25, -0.2) is 0 Å². The van der Waals surface area contributed by atoms with Crippen molar-refractivity contribution in [2.75, 3.05) is 6.79 Å². The Morgan fingerprint density at radius 2 is 1.81 bits per heavy atom. The molecule has 1 aromatic heterocycles. The molecule has 0 saturated heterocycles. The van der Waals surface area contributed by atoms with E-state index in [4.69, 9.17) is 9.47 Å². The molecule has 0 spiro atoms. The zero-order valence-corrected chi connectivity index (χ0v) is 18.3. The largest absolute Gasteiger partial charge is 0.454 e. The van der Waals surface area contributed by atoms with Crippen LogP contribution in [0.1, 0.15) is 55.0 Å². The van der Waals surface area contributed by atoms with E-state index in [1.54, 1.807) is 0 Å². The fourth-order valence-corrected chi connectivity index (χ4v) is 4.62. The highest BCUT2D eigenvalue weighted by atomic mass is 16.7. The molecule has 1 saturated carbocycles. The van der Waals surface area contributed by atoms with Gasteiger partial charge in [-0.15, -0.1) is 0 Å². The highest BCUT2D eigenvalue weighted by Gasteiger charge is 2.51. The van der Waals surface area contributed by atoms with Gasteiger partial charge in [0.15, 0.2) is 11.5 Å². The second-order valence-electron chi connectivity index (χ2n) is 8.98. The fourth-order valence-electron chi connectivity index (χ4n) is 4.62. The Morgan fingerprint density at radius 3 is 2.55 bits per heavy atom. The number of pyridine rings is 1. The van der Waals surface area contributed by atoms with E-state index in [1.807, 2.05) is 24.4 Å². The molecule has 1 fully saturated rings. The zero-order chi connectivity index (χ0) is 21.6. The molecule has 158 valence electrons. The number of ether oxygens (including phenoxy) is 2. The van der Waals surface area contributed by atoms with Crippen LogP contribution in [0.3, 0.4) is 0 Å². The molecule has 3 aromatic rings. The first-order valence-electron chi connectivity index (χ1n) is 11.0. The summed E-state index contributed by atoms with van der Waals surface area (Å²) in [5.74, 6) is 2.15. The second kappa shape index (κ2) is 7.52. The van der Waals surface area contributed by atoms with Gasteiger partial charge in [0.2, 0.25) is 6.79 Å². The van der Waals surface area contributed by atoms with Crippen LogP contribution < -0.4 is 9.47 Å². The summed E-state index contributed by atoms with van der Waals surface area (Å²) < 4.78 is 10.9. The standard InChI is InChI=1S/C27H27NO3/c1-17(2)21-6-4-5-7-22(21)23-15-28-20(12-18(23)3)14-26(29)27(10-11-27)19-8-9-24-25(13-19)31-16-30-24/h4-9,12-13,15,17H,10-11,14,16H2,1-3H3. The van der Waals surface area contributed by atoms with Gasteiger partial charge >= 0.3 is 0 Å². The predicted molar refractivity (Wildman–Crippen MR) is 121 cm³/mol. The fraction of sp³-hybridized carbons (Fsp3) is 0.333. The Balaban J connectivity index is 1.39. The number of nitrogens with zero attached hydrogens (tertiary/aromatic N) is 1. The van der Waals surface area contributed by atoms with Crippen molar-refractivity contribution in [2.24, 2.45) is 0 Å². The number of ketones is 1. The van der Waals surface area contributed by atoms with Crippen molar-refractivity contribution in [3.63, 3.8) is 0 Å². The molecule has 4 heteroatoms. The minimum Gasteiger partial charge on any atom is -0.454 e. The van der Waals surface area contributed by atoms with E-state index in [0.717, 1.165) is 46.7 Å². The van der Waals surface area contributed by atoms with E-state index in [9.17, 15) is 4.79 Å². The van der Waals surface area contributed by atoms with Crippen molar-refractivity contribution in [1.29, 1.82) is 0 Å². The molecule has 0 unspecified atom stereocenters. The number of carbonyl (C=O) groups is 1. The van der Waals surface area contributed by atoms with Gasteiger partial charge in [0.1, 0.15) is 5.78 Å². The molecule has 0 N–H and O–H groups in total. The van der Waals surface area contributed by atoms with Crippen molar-refractivity contribution < 1.29 is 14.3 Å². The molecule has 0 amide bonds. The maximum Gasteiger partial charge on any atom is 0.231 e. The molecule has 1 aliphatic heterocycles. The molecule has 31 heavy (non-hydrogen) atoms. The first-order valence-corrected chi connectivity index (χ1v) is 11.0. The van der Waals surface area contributed by atoms with Crippen molar-refractivity contribution in [2.45, 2.75) is 51.4 Å². The molecule has 5 rings (SSSR count). The third kappa shape index (κ3) is 3.50. The Hall–Kier alpha value is -3.14. The zero-order valence-electron chi connectivity index (χ0n) is 18.3. The summed E-state index contributed by atoms with van der Waals surface area (Å²) in [5, 5.41) is 0. The maximum absolute atomic E-state index is 13.3. The quantitative estimate of drug-likeness (QED) is 0.516. The molecule has 0 bridgehead atoms. The van der Waals surface area contributed by atoms with Gasteiger partial charge in [0, 0.05) is 23.9 Å². The number of aromatic nitrogens is 1. The molecule has 2 aliphatic rings. The number of hydrogen-bond acceptors (Lipinski definition) is 4. The lowest BCUT2D eigenvalue weighted by Crippen LogP contribution is -2.23. The molecule has 4 nitrogen and oxygen atoms in total. The number of aryl methyl sites for hydroxylation is 1. The average Bonchev–Trinajstić information content (AvgIpc) is 3.45. The van der Waals surface area contributed by atoms with Crippen molar-refractivity contribution in [1.82, 2.24) is 4.98 Å². The third-order valence-corrected chi connectivity index (χ3v) is 6.59. The lowest BCUT2D eigenvalue weighted by Gasteiger charge is -2.17. The van der Waals surface area contributed by atoms with Gasteiger partial charge in [-0.2, -0.15) is 0 Å². The molecular formula is C27H27NO3. The SMILES string of the molecule is Cc1cc(CC(=O)C2(c3ccc4c(c3)OCO4)CC2)ncc1-c1ccccc1C(C)C. The van der Waals surface area contributed by atoms with Crippen LogP contribution in [0.2, 0.25) is 0 Å². The Bertz CT molecular complexity index is 1160. The number of fused-ring (bicyclic) bond motifs is 1. The monoisotopic (exact) mass is 413 g/mol. The minimum atomic E-state index is -0.403. The Labute approximate surface area is 183 Å². The van der Waals surface area contributed by atoms with Crippen molar-refractivity contribution >= 4 is 5.78 Å². The minimum absolute atomic E-state index is 0.230. The topological polar surface area (TPSA) is 48.4 Å². The van der Waals surface area contributed by atoms with Crippen LogP contribution in [0.25, 0.3) is 11.1 Å². The summed E-state index contributed by atoms with van der Waals surface area (Å²) in [7, 11) is 0. The van der Waals surface area contributed by atoms with Crippen LogP contribution in [-0.2, 0) is 16.6 Å². The maximum atomic E-state index is 13.3. The third-order valence-electron chi connectivity index (χ3n) is 6.59. The lowest BCUT2D eigenvalue weighted by molar-refractivity contribution is -0.120. The van der Waals surface area contributed by atoms with E-state index < -0.39 is 5.41 Å². The van der Waals surface area contributed by atoms with Crippen LogP contribution in [-0.4, -0.2) is 17.6 Å². The Kier molecular flexibility index (Phi) is 4.81. The van der Waals surface area contributed by atoms with Crippen LogP contribution in [0.5, 0.6) is 11.5 Å². The Morgan fingerprint density at radius 1 is 1.03 bits per heavy atom. The van der Waals surface area contributed by atoms with Crippen LogP contribution in [0, 0.1) is 6.92 Å². The van der Waals surface area contributed by atoms with Gasteiger partial charge in [0.25, 0.3) is 0 Å². The van der Waals surface area contributed by atoms with Gasteiger partial charge < -0.3 is 9.47 Å². The highest BCUT2D eigenvalue weighted by Crippen LogP contribution is 2.51. The van der Waals surface area contributed by atoms with Crippen LogP contribution in [0.15, 0.2) is 54.7 Å². The summed E-state index contributed by atoms with van der Waals surface area (Å²) in [6, 6.07) is 16.4. The lowest BCUT2D eigenvalue weighted by atomic mass is 9.88. The summed E-state index contributed by atoms with van der Waals surface area (Å²) in [6.45, 7) is 6.77. The van der Waals surface area contributed by atoms with Crippen molar-refractivity contribution in [3.05, 3.63) is 77.1 Å². The van der Waals surface area contributed by atoms with Crippen LogP contribution in [0.4, 0.5) is 0 Å². The molecule has 2 aromatic carbocycles. The van der Waals surface area contributed by atoms with Crippen molar-refractivity contribution in [3.8, 4) is 22.6 Å². The summed E-state index contributed by atoms with van der Waals surface area (Å²) in [6.07, 6.45) is 4.04. The van der Waals surface area contributed by atoms with Gasteiger partial charge in [0.05, 0.1) is 5.41 Å². The predicted octanol–water partition coefficient (Wildman–Crippen LogP) is 5.75. The summed E-state index contributed by atoms with van der Waals surface area (Å²) in [5.41, 5.74) is 6.28. The van der Waals surface area contributed by atoms with E-state index in [0.29, 0.717) is 12.3 Å².